The number of H-pyrrole nitrogens is 2. The number of rotatable bonds is 4. The Kier molecular flexibility index (Phi) is 4.86. The van der Waals surface area contributed by atoms with E-state index >= 15 is 0 Å². The molecule has 2 aromatic heterocycles. The van der Waals surface area contributed by atoms with Gasteiger partial charge in [-0.05, 0) is 25.1 Å². The number of amides is 1. The fourth-order valence-electron chi connectivity index (χ4n) is 2.29. The zero-order chi connectivity index (χ0) is 18.7. The van der Waals surface area contributed by atoms with Crippen LogP contribution in [0.25, 0.3) is 10.9 Å². The van der Waals surface area contributed by atoms with Gasteiger partial charge in [0.1, 0.15) is 16.8 Å². The molecular formula is C17H13N5O3S. The van der Waals surface area contributed by atoms with Crippen LogP contribution >= 0.6 is 11.8 Å². The molecule has 3 rings (SSSR count). The Balaban J connectivity index is 1.77. The van der Waals surface area contributed by atoms with Crippen LogP contribution in [-0.4, -0.2) is 26.6 Å². The van der Waals surface area contributed by atoms with Crippen LogP contribution in [0.15, 0.2) is 45.1 Å². The molecule has 0 radical (unpaired) electrons. The lowest BCUT2D eigenvalue weighted by atomic mass is 10.1. The Bertz CT molecular complexity index is 1160. The van der Waals surface area contributed by atoms with Gasteiger partial charge in [-0.2, -0.15) is 5.26 Å². The second kappa shape index (κ2) is 7.25. The molecule has 0 spiro atoms. The SMILES string of the molecule is Cc1ccc2nc(SCC(=O)Nc3c[nH]c(=O)[nH]c3=O)c(C#N)cc2c1. The first-order valence-corrected chi connectivity index (χ1v) is 8.51. The average molecular weight is 367 g/mol. The van der Waals surface area contributed by atoms with Crippen molar-refractivity contribution in [1.29, 1.82) is 5.26 Å². The molecule has 9 heteroatoms. The molecule has 0 aliphatic carbocycles. The zero-order valence-corrected chi connectivity index (χ0v) is 14.4. The number of thioether (sulfide) groups is 1. The summed E-state index contributed by atoms with van der Waals surface area (Å²) in [4.78, 5) is 43.3. The highest BCUT2D eigenvalue weighted by Crippen LogP contribution is 2.25. The number of nitrogens with one attached hydrogen (secondary N) is 3. The van der Waals surface area contributed by atoms with E-state index in [1.165, 1.54) is 0 Å². The summed E-state index contributed by atoms with van der Waals surface area (Å²) in [5.41, 5.74) is 0.768. The topological polar surface area (TPSA) is 131 Å². The lowest BCUT2D eigenvalue weighted by Gasteiger charge is -2.07. The number of aromatic amines is 2. The number of aryl methyl sites for hydroxylation is 1. The molecule has 0 fully saturated rings. The van der Waals surface area contributed by atoms with E-state index in [4.69, 9.17) is 0 Å². The molecule has 8 nitrogen and oxygen atoms in total. The zero-order valence-electron chi connectivity index (χ0n) is 13.6. The first-order valence-electron chi connectivity index (χ1n) is 7.52. The van der Waals surface area contributed by atoms with Crippen LogP contribution in [0.2, 0.25) is 0 Å². The van der Waals surface area contributed by atoms with Crippen molar-refractivity contribution in [3.8, 4) is 6.07 Å². The summed E-state index contributed by atoms with van der Waals surface area (Å²) < 4.78 is 0. The number of nitrogens with zero attached hydrogens (tertiary/aromatic N) is 2. The highest BCUT2D eigenvalue weighted by atomic mass is 32.2. The van der Waals surface area contributed by atoms with Crippen molar-refractivity contribution >= 4 is 34.3 Å². The highest BCUT2D eigenvalue weighted by molar-refractivity contribution is 8.00. The number of carbonyl (C=O) groups is 1. The Hall–Kier alpha value is -3.38. The third-order valence-electron chi connectivity index (χ3n) is 3.49. The Morgan fingerprint density at radius 1 is 1.35 bits per heavy atom. The molecule has 1 amide bonds. The number of nitriles is 1. The minimum atomic E-state index is -0.691. The molecule has 3 N–H and O–H groups in total. The van der Waals surface area contributed by atoms with Crippen LogP contribution in [0.5, 0.6) is 0 Å². The van der Waals surface area contributed by atoms with Crippen LogP contribution in [0.3, 0.4) is 0 Å². The van der Waals surface area contributed by atoms with Gasteiger partial charge >= 0.3 is 5.69 Å². The van der Waals surface area contributed by atoms with Crippen LogP contribution in [-0.2, 0) is 4.79 Å². The van der Waals surface area contributed by atoms with E-state index in [0.29, 0.717) is 10.6 Å². The number of hydrogen-bond acceptors (Lipinski definition) is 6. The summed E-state index contributed by atoms with van der Waals surface area (Å²) in [6.45, 7) is 1.96. The molecule has 3 aromatic rings. The number of hydrogen-bond donors (Lipinski definition) is 3. The molecule has 0 saturated heterocycles. The van der Waals surface area contributed by atoms with Gasteiger partial charge in [0.15, 0.2) is 0 Å². The lowest BCUT2D eigenvalue weighted by molar-refractivity contribution is -0.113. The maximum absolute atomic E-state index is 12.0. The van der Waals surface area contributed by atoms with E-state index in [0.717, 1.165) is 34.4 Å². The molecule has 130 valence electrons. The number of pyridine rings is 1. The number of benzene rings is 1. The maximum Gasteiger partial charge on any atom is 0.325 e. The predicted molar refractivity (Wildman–Crippen MR) is 98.2 cm³/mol. The summed E-state index contributed by atoms with van der Waals surface area (Å²) in [6, 6.07) is 9.54. The second-order valence-corrected chi connectivity index (χ2v) is 6.44. The van der Waals surface area contributed by atoms with E-state index in [1.54, 1.807) is 6.07 Å². The number of anilines is 1. The molecule has 0 unspecified atom stereocenters. The van der Waals surface area contributed by atoms with E-state index in [-0.39, 0.29) is 11.4 Å². The van der Waals surface area contributed by atoms with E-state index in [2.05, 4.69) is 21.4 Å². The van der Waals surface area contributed by atoms with Crippen molar-refractivity contribution in [2.24, 2.45) is 0 Å². The fourth-order valence-corrected chi connectivity index (χ4v) is 3.05. The average Bonchev–Trinajstić information content (AvgIpc) is 2.61. The molecular weight excluding hydrogens is 354 g/mol. The highest BCUT2D eigenvalue weighted by Gasteiger charge is 2.12. The largest absolute Gasteiger partial charge is 0.325 e. The van der Waals surface area contributed by atoms with Gasteiger partial charge in [-0.25, -0.2) is 9.78 Å². The third-order valence-corrected chi connectivity index (χ3v) is 4.48. The molecule has 0 atom stereocenters. The Morgan fingerprint density at radius 3 is 2.88 bits per heavy atom. The van der Waals surface area contributed by atoms with Crippen molar-refractivity contribution in [2.45, 2.75) is 11.9 Å². The summed E-state index contributed by atoms with van der Waals surface area (Å²) in [7, 11) is 0. The first kappa shape index (κ1) is 17.4. The van der Waals surface area contributed by atoms with Crippen molar-refractivity contribution in [3.63, 3.8) is 0 Å². The maximum atomic E-state index is 12.0. The van der Waals surface area contributed by atoms with Crippen LogP contribution in [0, 0.1) is 18.3 Å². The van der Waals surface area contributed by atoms with Crippen molar-refractivity contribution in [3.05, 3.63) is 62.4 Å². The summed E-state index contributed by atoms with van der Waals surface area (Å²) in [5, 5.41) is 13.0. The molecule has 0 bridgehead atoms. The van der Waals surface area contributed by atoms with Crippen molar-refractivity contribution in [1.82, 2.24) is 15.0 Å². The van der Waals surface area contributed by atoms with Crippen molar-refractivity contribution in [2.75, 3.05) is 11.1 Å². The van der Waals surface area contributed by atoms with Crippen LogP contribution < -0.4 is 16.6 Å². The number of carbonyl (C=O) groups excluding carboxylic acids is 1. The van der Waals surface area contributed by atoms with Gasteiger partial charge in [0.05, 0.1) is 16.8 Å². The predicted octanol–water partition coefficient (Wildman–Crippen LogP) is 1.52. The quantitative estimate of drug-likeness (QED) is 0.599. The first-order chi connectivity index (χ1) is 12.5. The smallest absolute Gasteiger partial charge is 0.320 e. The van der Waals surface area contributed by atoms with Gasteiger partial charge in [-0.15, -0.1) is 0 Å². The van der Waals surface area contributed by atoms with Crippen LogP contribution in [0.1, 0.15) is 11.1 Å². The van der Waals surface area contributed by atoms with Gasteiger partial charge in [0.2, 0.25) is 5.91 Å². The number of aromatic nitrogens is 3. The molecule has 1 aromatic carbocycles. The molecule has 0 saturated carbocycles. The lowest BCUT2D eigenvalue weighted by Crippen LogP contribution is -2.27. The Labute approximate surface area is 151 Å². The second-order valence-electron chi connectivity index (χ2n) is 5.47. The van der Waals surface area contributed by atoms with Gasteiger partial charge in [-0.1, -0.05) is 23.4 Å². The summed E-state index contributed by atoms with van der Waals surface area (Å²) in [5.74, 6) is -0.500. The molecule has 0 aliphatic rings. The van der Waals surface area contributed by atoms with Crippen molar-refractivity contribution < 1.29 is 4.79 Å². The van der Waals surface area contributed by atoms with E-state index in [9.17, 15) is 19.6 Å². The Morgan fingerprint density at radius 2 is 2.15 bits per heavy atom. The normalized spacial score (nSPS) is 10.5. The summed E-state index contributed by atoms with van der Waals surface area (Å²) in [6.07, 6.45) is 1.13. The number of fused-ring (bicyclic) bond motifs is 1. The van der Waals surface area contributed by atoms with E-state index in [1.807, 2.05) is 30.1 Å². The third kappa shape index (κ3) is 3.81. The van der Waals surface area contributed by atoms with Gasteiger partial charge in [0, 0.05) is 11.6 Å². The minimum absolute atomic E-state index is 0.0440. The monoisotopic (exact) mass is 367 g/mol. The van der Waals surface area contributed by atoms with Gasteiger partial charge < -0.3 is 10.3 Å². The fraction of sp³-hybridized carbons (Fsp3) is 0.118. The van der Waals surface area contributed by atoms with Gasteiger partial charge in [0.25, 0.3) is 5.56 Å². The molecule has 26 heavy (non-hydrogen) atoms. The van der Waals surface area contributed by atoms with Gasteiger partial charge in [-0.3, -0.25) is 14.6 Å². The molecule has 0 aliphatic heterocycles. The summed E-state index contributed by atoms with van der Waals surface area (Å²) >= 11 is 1.10. The molecule has 2 heterocycles. The standard InChI is InChI=1S/C17H13N5O3S/c1-9-2-3-12-10(4-9)5-11(6-18)16(21-12)26-8-14(23)20-13-7-19-17(25)22-15(13)24/h2-5,7H,8H2,1H3,(H,20,23)(H2,19,22,24,25). The van der Waals surface area contributed by atoms with E-state index < -0.39 is 17.2 Å². The van der Waals surface area contributed by atoms with Crippen LogP contribution in [0.4, 0.5) is 5.69 Å². The minimum Gasteiger partial charge on any atom is -0.320 e.